The summed E-state index contributed by atoms with van der Waals surface area (Å²) in [6, 6.07) is 0. The van der Waals surface area contributed by atoms with Gasteiger partial charge in [-0.2, -0.15) is 0 Å². The molecule has 5 saturated carbocycles. The summed E-state index contributed by atoms with van der Waals surface area (Å²) < 4.78 is 6.39. The van der Waals surface area contributed by atoms with Crippen molar-refractivity contribution in [3.05, 3.63) is 12.2 Å². The summed E-state index contributed by atoms with van der Waals surface area (Å²) in [5.41, 5.74) is 2.03. The van der Waals surface area contributed by atoms with Gasteiger partial charge >= 0.3 is 5.97 Å². The zero-order valence-corrected chi connectivity index (χ0v) is 32.4. The second kappa shape index (κ2) is 14.4. The van der Waals surface area contributed by atoms with Crippen LogP contribution >= 0.6 is 0 Å². The molecule has 11 atom stereocenters. The summed E-state index contributed by atoms with van der Waals surface area (Å²) in [7, 11) is 0. The van der Waals surface area contributed by atoms with E-state index < -0.39 is 0 Å². The van der Waals surface area contributed by atoms with E-state index >= 15 is 0 Å². The predicted octanol–water partition coefficient (Wildman–Crippen LogP) is 12.2. The molecule has 3 nitrogen and oxygen atoms in total. The standard InChI is InChI=1S/C44H76O3/c1-10-11-12-13-14-15-16-17-18-19-20-21-38(46)47-37-26-28-41(6)34(40(37,4)5)25-29-43(8)35(41)23-22-33-39-32(3)31(2)24-27-42(39,7)36(45)30-44(33,43)9/h32-37,39,45H,2,10-30H2,1,3-9H3/t32-,33-,34+,35-,36+,37+,39-,41+,42-,43-,44-/m1/s1. The fraction of sp³-hybridized carbons (Fsp3) is 0.932. The van der Waals surface area contributed by atoms with Gasteiger partial charge in [0.05, 0.1) is 6.10 Å². The van der Waals surface area contributed by atoms with Crippen LogP contribution in [0.3, 0.4) is 0 Å². The van der Waals surface area contributed by atoms with Crippen LogP contribution in [0.2, 0.25) is 0 Å². The fourth-order valence-electron chi connectivity index (χ4n) is 13.8. The van der Waals surface area contributed by atoms with E-state index in [4.69, 9.17) is 4.74 Å². The topological polar surface area (TPSA) is 46.5 Å². The highest BCUT2D eigenvalue weighted by Crippen LogP contribution is 2.77. The number of fused-ring (bicyclic) bond motifs is 7. The highest BCUT2D eigenvalue weighted by atomic mass is 16.5. The largest absolute Gasteiger partial charge is 0.462 e. The Bertz CT molecular complexity index is 1090. The zero-order chi connectivity index (χ0) is 34.3. The average Bonchev–Trinajstić information content (AvgIpc) is 3.00. The molecule has 0 aromatic rings. The number of carbonyl (C=O) groups is 1. The van der Waals surface area contributed by atoms with E-state index in [9.17, 15) is 9.90 Å². The van der Waals surface area contributed by atoms with Gasteiger partial charge in [-0.3, -0.25) is 4.79 Å². The van der Waals surface area contributed by atoms with E-state index in [2.05, 4.69) is 62.0 Å². The summed E-state index contributed by atoms with van der Waals surface area (Å²) in [5, 5.41) is 12.0. The van der Waals surface area contributed by atoms with Crippen molar-refractivity contribution in [2.75, 3.05) is 0 Å². The van der Waals surface area contributed by atoms with Crippen molar-refractivity contribution in [3.8, 4) is 0 Å². The molecule has 0 aromatic heterocycles. The molecule has 0 amide bonds. The lowest BCUT2D eigenvalue weighted by Gasteiger charge is -2.74. The Labute approximate surface area is 291 Å². The van der Waals surface area contributed by atoms with Crippen molar-refractivity contribution in [1.82, 2.24) is 0 Å². The lowest BCUT2D eigenvalue weighted by molar-refractivity contribution is -0.270. The molecule has 0 saturated heterocycles. The van der Waals surface area contributed by atoms with Gasteiger partial charge in [0.1, 0.15) is 6.10 Å². The summed E-state index contributed by atoms with van der Waals surface area (Å²) in [6.07, 6.45) is 25.1. The molecular formula is C44H76O3. The van der Waals surface area contributed by atoms with Gasteiger partial charge in [-0.15, -0.1) is 0 Å². The van der Waals surface area contributed by atoms with Crippen LogP contribution in [0.4, 0.5) is 0 Å². The first-order valence-electron chi connectivity index (χ1n) is 20.7. The molecule has 0 heterocycles. The molecule has 0 aliphatic heterocycles. The number of esters is 1. The number of hydrogen-bond acceptors (Lipinski definition) is 3. The van der Waals surface area contributed by atoms with E-state index in [-0.39, 0.29) is 45.3 Å². The van der Waals surface area contributed by atoms with Crippen LogP contribution in [0.5, 0.6) is 0 Å². The summed E-state index contributed by atoms with van der Waals surface area (Å²) >= 11 is 0. The third kappa shape index (κ3) is 6.57. The first-order valence-corrected chi connectivity index (χ1v) is 20.7. The van der Waals surface area contributed by atoms with Gasteiger partial charge in [0.15, 0.2) is 0 Å². The van der Waals surface area contributed by atoms with Crippen LogP contribution in [-0.2, 0) is 9.53 Å². The minimum absolute atomic E-state index is 0.0147. The smallest absolute Gasteiger partial charge is 0.306 e. The first kappa shape index (κ1) is 37.4. The van der Waals surface area contributed by atoms with Gasteiger partial charge in [-0.1, -0.05) is 132 Å². The Morgan fingerprint density at radius 1 is 0.766 bits per heavy atom. The van der Waals surface area contributed by atoms with Crippen LogP contribution in [0.25, 0.3) is 0 Å². The van der Waals surface area contributed by atoms with Gasteiger partial charge in [-0.25, -0.2) is 0 Å². The molecular weight excluding hydrogens is 576 g/mol. The molecule has 0 spiro atoms. The molecule has 0 aromatic carbocycles. The van der Waals surface area contributed by atoms with Crippen molar-refractivity contribution in [1.29, 1.82) is 0 Å². The number of aliphatic hydroxyl groups is 1. The van der Waals surface area contributed by atoms with E-state index in [1.807, 2.05) is 0 Å². The quantitative estimate of drug-likeness (QED) is 0.122. The molecule has 270 valence electrons. The molecule has 5 aliphatic rings. The lowest BCUT2D eigenvalue weighted by atomic mass is 9.31. The second-order valence-corrected chi connectivity index (χ2v) is 19.5. The number of carbonyl (C=O) groups excluding carboxylic acids is 1. The Balaban J connectivity index is 1.18. The van der Waals surface area contributed by atoms with Crippen LogP contribution in [0.15, 0.2) is 12.2 Å². The molecule has 3 heteroatoms. The van der Waals surface area contributed by atoms with Gasteiger partial charge in [-0.05, 0) is 115 Å². The summed E-state index contributed by atoms with van der Waals surface area (Å²) in [6.45, 7) is 24.4. The third-order valence-electron chi connectivity index (χ3n) is 16.9. The normalized spacial score (nSPS) is 44.1. The molecule has 1 N–H and O–H groups in total. The van der Waals surface area contributed by atoms with E-state index in [1.54, 1.807) is 0 Å². The zero-order valence-electron chi connectivity index (χ0n) is 32.4. The summed E-state index contributed by atoms with van der Waals surface area (Å²) in [5.74, 6) is 2.95. The van der Waals surface area contributed by atoms with Crippen LogP contribution in [0, 0.1) is 56.7 Å². The highest BCUT2D eigenvalue weighted by Gasteiger charge is 2.71. The fourth-order valence-corrected chi connectivity index (χ4v) is 13.8. The molecule has 5 fully saturated rings. The molecule has 0 bridgehead atoms. The van der Waals surface area contributed by atoms with Gasteiger partial charge < -0.3 is 9.84 Å². The Hall–Kier alpha value is -0.830. The van der Waals surface area contributed by atoms with E-state index in [1.165, 1.54) is 89.0 Å². The monoisotopic (exact) mass is 653 g/mol. The van der Waals surface area contributed by atoms with E-state index in [0.29, 0.717) is 36.0 Å². The maximum Gasteiger partial charge on any atom is 0.306 e. The number of aliphatic hydroxyl groups excluding tert-OH is 1. The van der Waals surface area contributed by atoms with Crippen molar-refractivity contribution < 1.29 is 14.6 Å². The van der Waals surface area contributed by atoms with Crippen molar-refractivity contribution in [2.24, 2.45) is 56.7 Å². The molecule has 47 heavy (non-hydrogen) atoms. The highest BCUT2D eigenvalue weighted by molar-refractivity contribution is 5.69. The second-order valence-electron chi connectivity index (χ2n) is 19.5. The number of allylic oxidation sites excluding steroid dienone is 1. The molecule has 5 aliphatic carbocycles. The average molecular weight is 653 g/mol. The number of rotatable bonds is 13. The van der Waals surface area contributed by atoms with Crippen LogP contribution in [0.1, 0.15) is 190 Å². The van der Waals surface area contributed by atoms with Crippen molar-refractivity contribution >= 4 is 5.97 Å². The number of ether oxygens (including phenoxy) is 1. The molecule has 0 unspecified atom stereocenters. The predicted molar refractivity (Wildman–Crippen MR) is 197 cm³/mol. The van der Waals surface area contributed by atoms with Gasteiger partial charge in [0, 0.05) is 11.8 Å². The van der Waals surface area contributed by atoms with Crippen molar-refractivity contribution in [3.63, 3.8) is 0 Å². The summed E-state index contributed by atoms with van der Waals surface area (Å²) in [4.78, 5) is 13.1. The molecule has 5 rings (SSSR count). The van der Waals surface area contributed by atoms with E-state index in [0.717, 1.165) is 44.9 Å². The Morgan fingerprint density at radius 2 is 1.38 bits per heavy atom. The number of unbranched alkanes of at least 4 members (excludes halogenated alkanes) is 10. The maximum absolute atomic E-state index is 13.1. The maximum atomic E-state index is 13.1. The van der Waals surface area contributed by atoms with Crippen molar-refractivity contribution in [2.45, 2.75) is 202 Å². The Morgan fingerprint density at radius 3 is 2.02 bits per heavy atom. The minimum atomic E-state index is -0.225. The van der Waals surface area contributed by atoms with Gasteiger partial charge in [0.25, 0.3) is 0 Å². The molecule has 0 radical (unpaired) electrons. The lowest BCUT2D eigenvalue weighted by Crippen LogP contribution is -2.69. The SMILES string of the molecule is C=C1CC[C@@]2(C)[C@H]([C@@H]1C)[C@H]1CC[C@@H]3[C@@]4(C)CC[C@H](OC(=O)CCCCCCCCCCCCC)C(C)(C)[C@@H]4CC[C@@]3(C)[C@]1(C)C[C@@H]2O. The van der Waals surface area contributed by atoms with Crippen LogP contribution in [-0.4, -0.2) is 23.3 Å². The first-order chi connectivity index (χ1) is 22.2. The third-order valence-corrected chi connectivity index (χ3v) is 16.9. The Kier molecular flexibility index (Phi) is 11.5. The number of hydrogen-bond donors (Lipinski definition) is 1. The van der Waals surface area contributed by atoms with Crippen LogP contribution < -0.4 is 0 Å². The van der Waals surface area contributed by atoms with Gasteiger partial charge in [0.2, 0.25) is 0 Å². The minimum Gasteiger partial charge on any atom is -0.462 e.